The van der Waals surface area contributed by atoms with E-state index >= 15 is 0 Å². The van der Waals surface area contributed by atoms with Crippen molar-refractivity contribution in [3.05, 3.63) is 70.7 Å². The lowest BCUT2D eigenvalue weighted by Gasteiger charge is -2.24. The van der Waals surface area contributed by atoms with Gasteiger partial charge in [0.25, 0.3) is 5.88 Å². The normalized spacial score (nSPS) is 11.5. The Labute approximate surface area is 227 Å². The van der Waals surface area contributed by atoms with Gasteiger partial charge in [0.15, 0.2) is 6.10 Å². The quantitative estimate of drug-likeness (QED) is 0.189. The van der Waals surface area contributed by atoms with Crippen LogP contribution in [0, 0.1) is 5.82 Å². The Morgan fingerprint density at radius 3 is 2.54 bits per heavy atom. The van der Waals surface area contributed by atoms with Crippen LogP contribution in [-0.2, 0) is 25.5 Å². The van der Waals surface area contributed by atoms with Gasteiger partial charge in [-0.25, -0.2) is 19.0 Å². The number of nitrogens with one attached hydrogen (secondary N) is 1. The third-order valence-electron chi connectivity index (χ3n) is 5.05. The number of rotatable bonds is 12. The molecule has 2 aromatic carbocycles. The van der Waals surface area contributed by atoms with E-state index in [1.54, 1.807) is 31.2 Å². The van der Waals surface area contributed by atoms with Crippen molar-refractivity contribution in [2.24, 2.45) is 0 Å². The van der Waals surface area contributed by atoms with Crippen LogP contribution in [0.15, 0.2) is 53.1 Å². The van der Waals surface area contributed by atoms with E-state index in [0.29, 0.717) is 21.7 Å². The summed E-state index contributed by atoms with van der Waals surface area (Å²) < 4.78 is 37.9. The summed E-state index contributed by atoms with van der Waals surface area (Å²) in [7, 11) is 1.35. The van der Waals surface area contributed by atoms with Gasteiger partial charge in [-0.2, -0.15) is 0 Å². The second-order valence-corrected chi connectivity index (χ2v) is 8.24. The zero-order chi connectivity index (χ0) is 28.4. The first-order valence-corrected chi connectivity index (χ1v) is 11.8. The Morgan fingerprint density at radius 2 is 1.87 bits per heavy atom. The van der Waals surface area contributed by atoms with E-state index in [1.807, 2.05) is 0 Å². The molecule has 0 saturated heterocycles. The Morgan fingerprint density at radius 1 is 1.13 bits per heavy atom. The third kappa shape index (κ3) is 8.67. The topological polar surface area (TPSA) is 150 Å². The fourth-order valence-corrected chi connectivity index (χ4v) is 3.39. The third-order valence-corrected chi connectivity index (χ3v) is 5.29. The largest absolute Gasteiger partial charge is 0.511 e. The van der Waals surface area contributed by atoms with Gasteiger partial charge in [0.05, 0.1) is 26.3 Å². The summed E-state index contributed by atoms with van der Waals surface area (Å²) in [4.78, 5) is 36.1. The molecule has 3 rings (SSSR count). The molecule has 0 fully saturated rings. The molecule has 1 amide bonds. The van der Waals surface area contributed by atoms with Crippen LogP contribution < -0.4 is 10.2 Å². The molecule has 14 heteroatoms. The van der Waals surface area contributed by atoms with Crippen LogP contribution in [0.1, 0.15) is 23.0 Å². The summed E-state index contributed by atoms with van der Waals surface area (Å²) >= 11 is 5.99. The Balaban J connectivity index is 1.71. The van der Waals surface area contributed by atoms with Crippen LogP contribution in [0.2, 0.25) is 5.02 Å². The smallest absolute Gasteiger partial charge is 0.479 e. The lowest BCUT2D eigenvalue weighted by Crippen LogP contribution is -2.47. The first-order chi connectivity index (χ1) is 18.7. The van der Waals surface area contributed by atoms with Gasteiger partial charge in [-0.15, -0.1) is 0 Å². The van der Waals surface area contributed by atoms with Gasteiger partial charge in [-0.3, -0.25) is 10.2 Å². The number of methoxy groups -OCH3 is 1. The maximum atomic E-state index is 14.2. The van der Waals surface area contributed by atoms with Crippen molar-refractivity contribution in [3.63, 3.8) is 0 Å². The van der Waals surface area contributed by atoms with Crippen molar-refractivity contribution in [2.75, 3.05) is 27.1 Å². The van der Waals surface area contributed by atoms with Gasteiger partial charge < -0.3 is 28.6 Å². The minimum absolute atomic E-state index is 0.00101. The van der Waals surface area contributed by atoms with E-state index in [4.69, 9.17) is 25.6 Å². The van der Waals surface area contributed by atoms with E-state index in [9.17, 15) is 23.9 Å². The zero-order valence-electron chi connectivity index (χ0n) is 20.9. The van der Waals surface area contributed by atoms with Crippen LogP contribution in [0.4, 0.5) is 9.18 Å². The Bertz CT molecular complexity index is 1290. The number of ether oxygens (including phenoxy) is 4. The minimum atomic E-state index is -1.75. The van der Waals surface area contributed by atoms with E-state index in [2.05, 4.69) is 20.1 Å². The van der Waals surface area contributed by atoms with Crippen molar-refractivity contribution in [3.8, 4) is 17.0 Å². The Kier molecular flexibility index (Phi) is 10.6. The molecular weight excluding hydrogens is 541 g/mol. The van der Waals surface area contributed by atoms with Crippen molar-refractivity contribution in [1.82, 2.24) is 15.6 Å². The maximum absolute atomic E-state index is 14.2. The standard InChI is InChI=1S/C25H25ClFN3O9/c1-3-36-25(34)38-14-37-24(33)20(31)13-30(28-23(32)21-11-22(35-2)29-39-21)12-15-4-6-16(7-5-15)18-10-17(26)8-9-19(18)27/h4-11,20,31H,3,12-14H2,1-2H3,(H,28,32)/t20-/m1/s1. The molecule has 0 radical (unpaired) electrons. The summed E-state index contributed by atoms with van der Waals surface area (Å²) in [6.45, 7) is 0.424. The number of hydrogen-bond acceptors (Lipinski definition) is 11. The highest BCUT2D eigenvalue weighted by Gasteiger charge is 2.24. The van der Waals surface area contributed by atoms with Gasteiger partial charge >= 0.3 is 18.0 Å². The van der Waals surface area contributed by atoms with Crippen LogP contribution in [0.5, 0.6) is 5.88 Å². The maximum Gasteiger partial charge on any atom is 0.511 e. The number of carbonyl (C=O) groups excluding carboxylic acids is 3. The fourth-order valence-electron chi connectivity index (χ4n) is 3.21. The Hall–Kier alpha value is -4.20. The number of carbonyl (C=O) groups is 3. The molecule has 1 heterocycles. The van der Waals surface area contributed by atoms with Crippen LogP contribution in [0.3, 0.4) is 0 Å². The molecule has 2 N–H and O–H groups in total. The van der Waals surface area contributed by atoms with Gasteiger partial charge in [0.2, 0.25) is 12.6 Å². The summed E-state index contributed by atoms with van der Waals surface area (Å²) in [5.74, 6) is -2.43. The number of halogens is 2. The predicted molar refractivity (Wildman–Crippen MR) is 133 cm³/mol. The molecule has 12 nitrogen and oxygen atoms in total. The average molecular weight is 566 g/mol. The molecule has 208 valence electrons. The van der Waals surface area contributed by atoms with Crippen LogP contribution in [-0.4, -0.2) is 66.5 Å². The highest BCUT2D eigenvalue weighted by molar-refractivity contribution is 6.30. The summed E-state index contributed by atoms with van der Waals surface area (Å²) in [6, 6.07) is 12.1. The summed E-state index contributed by atoms with van der Waals surface area (Å²) in [5.41, 5.74) is 4.01. The lowest BCUT2D eigenvalue weighted by atomic mass is 10.0. The van der Waals surface area contributed by atoms with Crippen molar-refractivity contribution in [2.45, 2.75) is 19.6 Å². The van der Waals surface area contributed by atoms with Crippen molar-refractivity contribution >= 4 is 29.6 Å². The predicted octanol–water partition coefficient (Wildman–Crippen LogP) is 3.32. The molecule has 1 atom stereocenters. The number of aromatic nitrogens is 1. The zero-order valence-corrected chi connectivity index (χ0v) is 21.6. The first-order valence-electron chi connectivity index (χ1n) is 11.5. The molecule has 0 bridgehead atoms. The van der Waals surface area contributed by atoms with Gasteiger partial charge in [-0.05, 0) is 41.4 Å². The van der Waals surface area contributed by atoms with E-state index in [-0.39, 0.29) is 24.8 Å². The minimum Gasteiger partial charge on any atom is -0.479 e. The molecular formula is C25H25ClFN3O9. The molecule has 3 aromatic rings. The fraction of sp³-hybridized carbons (Fsp3) is 0.280. The highest BCUT2D eigenvalue weighted by Crippen LogP contribution is 2.26. The number of aliphatic hydroxyl groups excluding tert-OH is 1. The molecule has 0 unspecified atom stereocenters. The van der Waals surface area contributed by atoms with Gasteiger partial charge in [-0.1, -0.05) is 35.9 Å². The highest BCUT2D eigenvalue weighted by atomic mass is 35.5. The van der Waals surface area contributed by atoms with E-state index < -0.39 is 43.3 Å². The molecule has 0 spiro atoms. The number of amides is 1. The number of hydrogen-bond donors (Lipinski definition) is 2. The van der Waals surface area contributed by atoms with Crippen molar-refractivity contribution in [1.29, 1.82) is 0 Å². The number of aliphatic hydroxyl groups is 1. The van der Waals surface area contributed by atoms with Crippen molar-refractivity contribution < 1.29 is 47.4 Å². The number of nitrogens with zero attached hydrogens (tertiary/aromatic N) is 2. The second kappa shape index (κ2) is 14.1. The van der Waals surface area contributed by atoms with Crippen LogP contribution in [0.25, 0.3) is 11.1 Å². The SMILES string of the molecule is CCOC(=O)OCOC(=O)[C@H](O)CN(Cc1ccc(-c2cc(Cl)ccc2F)cc1)NC(=O)c1cc(OC)no1. The molecule has 0 aliphatic rings. The molecule has 0 aliphatic heterocycles. The number of esters is 1. The average Bonchev–Trinajstić information content (AvgIpc) is 3.40. The van der Waals surface area contributed by atoms with E-state index in [0.717, 1.165) is 0 Å². The van der Waals surface area contributed by atoms with Gasteiger partial charge in [0.1, 0.15) is 5.82 Å². The monoisotopic (exact) mass is 565 g/mol. The molecule has 0 aliphatic carbocycles. The number of hydrazine groups is 1. The van der Waals surface area contributed by atoms with E-state index in [1.165, 1.54) is 36.4 Å². The summed E-state index contributed by atoms with van der Waals surface area (Å²) in [6.07, 6.45) is -2.79. The van der Waals surface area contributed by atoms with Crippen LogP contribution >= 0.6 is 11.6 Å². The first kappa shape index (κ1) is 29.4. The molecule has 0 saturated carbocycles. The summed E-state index contributed by atoms with van der Waals surface area (Å²) in [5, 5.41) is 15.5. The molecule has 39 heavy (non-hydrogen) atoms. The molecule has 1 aromatic heterocycles. The lowest BCUT2D eigenvalue weighted by molar-refractivity contribution is -0.164. The van der Waals surface area contributed by atoms with Gasteiger partial charge in [0, 0.05) is 17.1 Å². The second-order valence-electron chi connectivity index (χ2n) is 7.80. The number of benzene rings is 2.